The molecule has 0 bridgehead atoms. The maximum atomic E-state index is 10.8. The number of carboxylic acids is 1. The summed E-state index contributed by atoms with van der Waals surface area (Å²) in [6.45, 7) is 1.76. The molecule has 0 saturated heterocycles. The lowest BCUT2D eigenvalue weighted by Gasteiger charge is -2.12. The summed E-state index contributed by atoms with van der Waals surface area (Å²) in [6, 6.07) is 5.07. The Morgan fingerprint density at radius 1 is 1.58 bits per heavy atom. The highest BCUT2D eigenvalue weighted by Crippen LogP contribution is 2.28. The van der Waals surface area contributed by atoms with Crippen molar-refractivity contribution in [3.63, 3.8) is 0 Å². The first-order valence-electron chi connectivity index (χ1n) is 5.44. The van der Waals surface area contributed by atoms with Gasteiger partial charge in [-0.1, -0.05) is 11.6 Å². The molecule has 1 aromatic carbocycles. The van der Waals surface area contributed by atoms with Gasteiger partial charge in [0.25, 0.3) is 0 Å². The predicted molar refractivity (Wildman–Crippen MR) is 77.9 cm³/mol. The summed E-state index contributed by atoms with van der Waals surface area (Å²) < 4.78 is 2.45. The van der Waals surface area contributed by atoms with Crippen LogP contribution in [-0.4, -0.2) is 31.3 Å². The molecule has 1 N–H and O–H groups in total. The van der Waals surface area contributed by atoms with Gasteiger partial charge < -0.3 is 5.11 Å². The number of halogens is 2. The maximum absolute atomic E-state index is 10.8. The highest BCUT2D eigenvalue weighted by atomic mass is 127. The van der Waals surface area contributed by atoms with E-state index in [0.29, 0.717) is 10.8 Å². The molecule has 1 aromatic heterocycles. The van der Waals surface area contributed by atoms with Crippen molar-refractivity contribution in [1.29, 1.82) is 0 Å². The molecule has 1 atom stereocenters. The van der Waals surface area contributed by atoms with Crippen molar-refractivity contribution in [2.45, 2.75) is 19.4 Å². The van der Waals surface area contributed by atoms with Crippen LogP contribution in [0.4, 0.5) is 0 Å². The molecule has 0 radical (unpaired) electrons. The van der Waals surface area contributed by atoms with E-state index in [1.54, 1.807) is 19.1 Å². The van der Waals surface area contributed by atoms with Crippen LogP contribution in [0.15, 0.2) is 18.2 Å². The zero-order valence-electron chi connectivity index (χ0n) is 9.92. The Balaban J connectivity index is 2.44. The number of nitrogens with zero attached hydrogens (tertiary/aromatic N) is 4. The summed E-state index contributed by atoms with van der Waals surface area (Å²) in [6.07, 6.45) is -0.0464. The van der Waals surface area contributed by atoms with Crippen LogP contribution in [0.1, 0.15) is 19.4 Å². The molecular formula is C11H10ClIN4O2. The van der Waals surface area contributed by atoms with Crippen LogP contribution in [0, 0.1) is 3.57 Å². The van der Waals surface area contributed by atoms with E-state index >= 15 is 0 Å². The number of tetrazole rings is 1. The Hall–Kier alpha value is -1.22. The fourth-order valence-corrected chi connectivity index (χ4v) is 2.42. The van der Waals surface area contributed by atoms with Crippen LogP contribution in [-0.2, 0) is 4.79 Å². The van der Waals surface area contributed by atoms with Gasteiger partial charge in [0.2, 0.25) is 0 Å². The molecule has 6 nitrogen and oxygen atoms in total. The van der Waals surface area contributed by atoms with Crippen LogP contribution in [0.2, 0.25) is 5.02 Å². The largest absolute Gasteiger partial charge is 0.481 e. The molecule has 0 aliphatic carbocycles. The lowest BCUT2D eigenvalue weighted by molar-refractivity contribution is -0.137. The van der Waals surface area contributed by atoms with Gasteiger partial charge in [0, 0.05) is 14.2 Å². The zero-order chi connectivity index (χ0) is 14.0. The Labute approximate surface area is 127 Å². The molecule has 8 heteroatoms. The monoisotopic (exact) mass is 392 g/mol. The molecule has 1 heterocycles. The molecule has 2 rings (SSSR count). The summed E-state index contributed by atoms with van der Waals surface area (Å²) in [4.78, 5) is 10.8. The number of hydrogen-bond donors (Lipinski definition) is 1. The van der Waals surface area contributed by atoms with Gasteiger partial charge in [0.15, 0.2) is 5.82 Å². The number of benzene rings is 1. The average molecular weight is 393 g/mol. The number of aromatic nitrogens is 4. The first kappa shape index (κ1) is 14.2. The average Bonchev–Trinajstić information content (AvgIpc) is 2.80. The maximum Gasteiger partial charge on any atom is 0.305 e. The van der Waals surface area contributed by atoms with Gasteiger partial charge in [0.1, 0.15) is 0 Å². The van der Waals surface area contributed by atoms with Crippen molar-refractivity contribution in [2.24, 2.45) is 0 Å². The highest BCUT2D eigenvalue weighted by Gasteiger charge is 2.18. The second-order valence-electron chi connectivity index (χ2n) is 4.02. The Morgan fingerprint density at radius 2 is 2.32 bits per heavy atom. The molecule has 2 aromatic rings. The Kier molecular flexibility index (Phi) is 4.35. The van der Waals surface area contributed by atoms with Crippen molar-refractivity contribution >= 4 is 40.2 Å². The normalized spacial score (nSPS) is 12.4. The van der Waals surface area contributed by atoms with E-state index in [2.05, 4.69) is 38.1 Å². The van der Waals surface area contributed by atoms with Gasteiger partial charge in [-0.05, 0) is 58.1 Å². The molecule has 0 spiro atoms. The first-order valence-corrected chi connectivity index (χ1v) is 6.90. The molecule has 0 fully saturated rings. The molecule has 0 amide bonds. The summed E-state index contributed by atoms with van der Waals surface area (Å²) in [7, 11) is 0. The highest BCUT2D eigenvalue weighted by molar-refractivity contribution is 14.1. The second-order valence-corrected chi connectivity index (χ2v) is 5.62. The van der Waals surface area contributed by atoms with E-state index in [1.807, 2.05) is 6.07 Å². The van der Waals surface area contributed by atoms with E-state index < -0.39 is 5.97 Å². The summed E-state index contributed by atoms with van der Waals surface area (Å²) in [5.74, 6) is -0.379. The zero-order valence-corrected chi connectivity index (χ0v) is 12.8. The summed E-state index contributed by atoms with van der Waals surface area (Å²) in [5, 5.41) is 20.9. The number of carbonyl (C=O) groups is 1. The van der Waals surface area contributed by atoms with E-state index in [4.69, 9.17) is 16.7 Å². The SMILES string of the molecule is CC(CC(=O)O)n1nnnc1-c1cc(Cl)ccc1I. The fraction of sp³-hybridized carbons (Fsp3) is 0.273. The van der Waals surface area contributed by atoms with Gasteiger partial charge in [-0.2, -0.15) is 0 Å². The van der Waals surface area contributed by atoms with Gasteiger partial charge in [0.05, 0.1) is 12.5 Å². The molecule has 100 valence electrons. The minimum absolute atomic E-state index is 0.0464. The quantitative estimate of drug-likeness (QED) is 0.809. The molecule has 0 aliphatic heterocycles. The number of carboxylic acid groups (broad SMARTS) is 1. The first-order chi connectivity index (χ1) is 8.99. The van der Waals surface area contributed by atoms with E-state index in [0.717, 1.165) is 9.13 Å². The molecule has 1 unspecified atom stereocenters. The van der Waals surface area contributed by atoms with Crippen LogP contribution >= 0.6 is 34.2 Å². The minimum Gasteiger partial charge on any atom is -0.481 e. The van der Waals surface area contributed by atoms with E-state index in [1.165, 1.54) is 4.68 Å². The van der Waals surface area contributed by atoms with Gasteiger partial charge in [-0.3, -0.25) is 4.79 Å². The predicted octanol–water partition coefficient (Wildman–Crippen LogP) is 2.63. The van der Waals surface area contributed by atoms with Gasteiger partial charge >= 0.3 is 5.97 Å². The molecule has 0 saturated carbocycles. The lowest BCUT2D eigenvalue weighted by Crippen LogP contribution is -2.13. The van der Waals surface area contributed by atoms with E-state index in [9.17, 15) is 4.79 Å². The summed E-state index contributed by atoms with van der Waals surface area (Å²) >= 11 is 8.13. The van der Waals surface area contributed by atoms with Crippen molar-refractivity contribution in [3.8, 4) is 11.4 Å². The van der Waals surface area contributed by atoms with Crippen LogP contribution < -0.4 is 0 Å². The standard InChI is InChI=1S/C11H10ClIN4O2/c1-6(4-10(18)19)17-11(14-15-16-17)8-5-7(12)2-3-9(8)13/h2-3,5-6H,4H2,1H3,(H,18,19). The van der Waals surface area contributed by atoms with Crippen molar-refractivity contribution in [1.82, 2.24) is 20.2 Å². The van der Waals surface area contributed by atoms with Crippen LogP contribution in [0.3, 0.4) is 0 Å². The van der Waals surface area contributed by atoms with Gasteiger partial charge in [-0.15, -0.1) is 5.10 Å². The third-order valence-electron chi connectivity index (χ3n) is 2.55. The number of hydrogen-bond acceptors (Lipinski definition) is 4. The lowest BCUT2D eigenvalue weighted by atomic mass is 10.2. The Bertz CT molecular complexity index is 616. The third-order valence-corrected chi connectivity index (χ3v) is 3.73. The Morgan fingerprint density at radius 3 is 3.00 bits per heavy atom. The fourth-order valence-electron chi connectivity index (χ4n) is 1.68. The molecule has 0 aliphatic rings. The van der Waals surface area contributed by atoms with Crippen LogP contribution in [0.25, 0.3) is 11.4 Å². The third kappa shape index (κ3) is 3.21. The van der Waals surface area contributed by atoms with Crippen molar-refractivity contribution < 1.29 is 9.90 Å². The number of aliphatic carboxylic acids is 1. The second kappa shape index (κ2) is 5.83. The smallest absolute Gasteiger partial charge is 0.305 e. The molecule has 19 heavy (non-hydrogen) atoms. The summed E-state index contributed by atoms with van der Waals surface area (Å²) in [5.41, 5.74) is 0.787. The topological polar surface area (TPSA) is 80.9 Å². The van der Waals surface area contributed by atoms with E-state index in [-0.39, 0.29) is 12.5 Å². The van der Waals surface area contributed by atoms with Crippen molar-refractivity contribution in [3.05, 3.63) is 26.8 Å². The molecular weight excluding hydrogens is 383 g/mol. The minimum atomic E-state index is -0.894. The van der Waals surface area contributed by atoms with Gasteiger partial charge in [-0.25, -0.2) is 4.68 Å². The van der Waals surface area contributed by atoms with Crippen LogP contribution in [0.5, 0.6) is 0 Å². The van der Waals surface area contributed by atoms with Crippen molar-refractivity contribution in [2.75, 3.05) is 0 Å². The number of rotatable bonds is 4.